The number of nitro benzene ring substituents is 1. The second-order valence-corrected chi connectivity index (χ2v) is 5.87. The summed E-state index contributed by atoms with van der Waals surface area (Å²) in [4.78, 5) is 22.3. The molecule has 0 amide bonds. The standard InChI is InChI=1S/C19H14N4O4/c24-19-16-7-2-1-6-15(16)18(21-22-19)20-11-14-8-9-17(27-14)12-4-3-5-13(10-12)23(25)26/h1-10H,11H2,(H,20,21)(H,22,24). The number of hydrogen-bond acceptors (Lipinski definition) is 6. The van der Waals surface area contributed by atoms with Gasteiger partial charge in [0.15, 0.2) is 5.82 Å². The van der Waals surface area contributed by atoms with Crippen molar-refractivity contribution in [2.24, 2.45) is 0 Å². The average Bonchev–Trinajstić information content (AvgIpc) is 3.17. The minimum Gasteiger partial charge on any atom is -0.459 e. The Morgan fingerprint density at radius 3 is 2.70 bits per heavy atom. The van der Waals surface area contributed by atoms with E-state index >= 15 is 0 Å². The topological polar surface area (TPSA) is 114 Å². The first-order valence-electron chi connectivity index (χ1n) is 8.16. The maximum absolute atomic E-state index is 11.8. The van der Waals surface area contributed by atoms with Crippen molar-refractivity contribution in [2.75, 3.05) is 5.32 Å². The molecule has 4 aromatic rings. The van der Waals surface area contributed by atoms with E-state index < -0.39 is 4.92 Å². The van der Waals surface area contributed by atoms with Crippen molar-refractivity contribution >= 4 is 22.3 Å². The molecule has 2 aromatic carbocycles. The molecule has 0 spiro atoms. The van der Waals surface area contributed by atoms with E-state index in [1.54, 1.807) is 36.4 Å². The van der Waals surface area contributed by atoms with Gasteiger partial charge in [0.25, 0.3) is 11.2 Å². The SMILES string of the molecule is O=c1[nH]nc(NCc2ccc(-c3cccc([N+](=O)[O-])c3)o2)c2ccccc12. The maximum Gasteiger partial charge on any atom is 0.272 e. The van der Waals surface area contributed by atoms with Crippen LogP contribution < -0.4 is 10.9 Å². The molecule has 0 saturated carbocycles. The minimum absolute atomic E-state index is 0.00693. The summed E-state index contributed by atoms with van der Waals surface area (Å²) in [6.45, 7) is 0.345. The van der Waals surface area contributed by atoms with Crippen molar-refractivity contribution < 1.29 is 9.34 Å². The van der Waals surface area contributed by atoms with Crippen LogP contribution in [0.15, 0.2) is 69.9 Å². The number of furan rings is 1. The van der Waals surface area contributed by atoms with Crippen molar-refractivity contribution in [1.29, 1.82) is 0 Å². The molecule has 8 heteroatoms. The summed E-state index contributed by atoms with van der Waals surface area (Å²) in [5, 5.41) is 21.8. The van der Waals surface area contributed by atoms with Crippen LogP contribution in [0.3, 0.4) is 0 Å². The van der Waals surface area contributed by atoms with Crippen molar-refractivity contribution in [3.05, 3.63) is 86.9 Å². The number of anilines is 1. The third-order valence-corrected chi connectivity index (χ3v) is 4.13. The molecule has 0 aliphatic heterocycles. The molecule has 8 nitrogen and oxygen atoms in total. The number of nitrogens with zero attached hydrogens (tertiary/aromatic N) is 2. The number of rotatable bonds is 5. The van der Waals surface area contributed by atoms with Crippen LogP contribution in [-0.4, -0.2) is 15.1 Å². The van der Waals surface area contributed by atoms with E-state index in [9.17, 15) is 14.9 Å². The van der Waals surface area contributed by atoms with Gasteiger partial charge in [-0.25, -0.2) is 5.10 Å². The van der Waals surface area contributed by atoms with Gasteiger partial charge < -0.3 is 9.73 Å². The zero-order valence-corrected chi connectivity index (χ0v) is 14.0. The van der Waals surface area contributed by atoms with E-state index in [1.165, 1.54) is 12.1 Å². The third-order valence-electron chi connectivity index (χ3n) is 4.13. The first kappa shape index (κ1) is 16.5. The molecule has 134 valence electrons. The summed E-state index contributed by atoms with van der Waals surface area (Å²) >= 11 is 0. The molecule has 0 atom stereocenters. The number of nitrogens with one attached hydrogen (secondary N) is 2. The van der Waals surface area contributed by atoms with Crippen LogP contribution >= 0.6 is 0 Å². The second kappa shape index (κ2) is 6.75. The number of fused-ring (bicyclic) bond motifs is 1. The fourth-order valence-corrected chi connectivity index (χ4v) is 2.82. The first-order valence-corrected chi connectivity index (χ1v) is 8.16. The van der Waals surface area contributed by atoms with Crippen LogP contribution in [0.25, 0.3) is 22.1 Å². The Balaban J connectivity index is 1.56. The van der Waals surface area contributed by atoms with E-state index in [4.69, 9.17) is 4.42 Å². The van der Waals surface area contributed by atoms with Crippen LogP contribution in [-0.2, 0) is 6.54 Å². The molecule has 0 fully saturated rings. The van der Waals surface area contributed by atoms with Crippen molar-refractivity contribution in [1.82, 2.24) is 10.2 Å². The highest BCUT2D eigenvalue weighted by Crippen LogP contribution is 2.26. The zero-order valence-electron chi connectivity index (χ0n) is 14.0. The molecule has 2 aromatic heterocycles. The number of aromatic amines is 1. The van der Waals surface area contributed by atoms with Crippen molar-refractivity contribution in [3.8, 4) is 11.3 Å². The Labute approximate surface area is 152 Å². The largest absolute Gasteiger partial charge is 0.459 e. The van der Waals surface area contributed by atoms with E-state index in [0.717, 1.165) is 0 Å². The third kappa shape index (κ3) is 3.28. The number of aromatic nitrogens is 2. The van der Waals surface area contributed by atoms with Gasteiger partial charge in [0.05, 0.1) is 16.9 Å². The number of non-ortho nitro benzene ring substituents is 1. The average molecular weight is 362 g/mol. The zero-order chi connectivity index (χ0) is 18.8. The predicted octanol–water partition coefficient (Wildman–Crippen LogP) is 3.70. The number of hydrogen-bond donors (Lipinski definition) is 2. The molecular formula is C19H14N4O4. The summed E-state index contributed by atoms with van der Waals surface area (Å²) in [5.74, 6) is 1.71. The molecule has 27 heavy (non-hydrogen) atoms. The van der Waals surface area contributed by atoms with Crippen LogP contribution in [0.4, 0.5) is 11.5 Å². The first-order chi connectivity index (χ1) is 13.1. The Hall–Kier alpha value is -3.94. The van der Waals surface area contributed by atoms with Gasteiger partial charge in [-0.3, -0.25) is 14.9 Å². The molecule has 0 aliphatic rings. The number of benzene rings is 2. The van der Waals surface area contributed by atoms with Crippen molar-refractivity contribution in [2.45, 2.75) is 6.54 Å². The summed E-state index contributed by atoms with van der Waals surface area (Å²) in [6.07, 6.45) is 0. The van der Waals surface area contributed by atoms with Gasteiger partial charge in [-0.05, 0) is 18.2 Å². The predicted molar refractivity (Wildman–Crippen MR) is 100 cm³/mol. The Morgan fingerprint density at radius 1 is 1.07 bits per heavy atom. The maximum atomic E-state index is 11.8. The lowest BCUT2D eigenvalue weighted by molar-refractivity contribution is -0.384. The quantitative estimate of drug-likeness (QED) is 0.413. The Kier molecular flexibility index (Phi) is 4.13. The highest BCUT2D eigenvalue weighted by molar-refractivity contribution is 5.90. The summed E-state index contributed by atoms with van der Waals surface area (Å²) < 4.78 is 5.78. The lowest BCUT2D eigenvalue weighted by atomic mass is 10.1. The lowest BCUT2D eigenvalue weighted by Crippen LogP contribution is -2.11. The smallest absolute Gasteiger partial charge is 0.272 e. The second-order valence-electron chi connectivity index (χ2n) is 5.87. The summed E-state index contributed by atoms with van der Waals surface area (Å²) in [7, 11) is 0. The molecule has 0 saturated heterocycles. The lowest BCUT2D eigenvalue weighted by Gasteiger charge is -2.06. The molecule has 2 heterocycles. The summed E-state index contributed by atoms with van der Waals surface area (Å²) in [6, 6.07) is 17.0. The highest BCUT2D eigenvalue weighted by atomic mass is 16.6. The van der Waals surface area contributed by atoms with Gasteiger partial charge in [0.2, 0.25) is 0 Å². The molecule has 4 rings (SSSR count). The number of nitro groups is 1. The van der Waals surface area contributed by atoms with Crippen LogP contribution in [0.1, 0.15) is 5.76 Å². The van der Waals surface area contributed by atoms with Crippen LogP contribution in [0.2, 0.25) is 0 Å². The number of H-pyrrole nitrogens is 1. The molecule has 2 N–H and O–H groups in total. The molecule has 0 unspecified atom stereocenters. The minimum atomic E-state index is -0.443. The van der Waals surface area contributed by atoms with Gasteiger partial charge in [-0.15, -0.1) is 0 Å². The van der Waals surface area contributed by atoms with Crippen LogP contribution in [0.5, 0.6) is 0 Å². The highest BCUT2D eigenvalue weighted by Gasteiger charge is 2.11. The molecule has 0 radical (unpaired) electrons. The normalized spacial score (nSPS) is 10.8. The Bertz CT molecular complexity index is 1200. The van der Waals surface area contributed by atoms with Gasteiger partial charge in [0.1, 0.15) is 11.5 Å². The van der Waals surface area contributed by atoms with E-state index in [2.05, 4.69) is 15.5 Å². The van der Waals surface area contributed by atoms with Gasteiger partial charge in [-0.2, -0.15) is 5.10 Å². The van der Waals surface area contributed by atoms with Gasteiger partial charge in [0, 0.05) is 23.1 Å². The van der Waals surface area contributed by atoms with Gasteiger partial charge >= 0.3 is 0 Å². The van der Waals surface area contributed by atoms with Crippen molar-refractivity contribution in [3.63, 3.8) is 0 Å². The molecule has 0 bridgehead atoms. The van der Waals surface area contributed by atoms with E-state index in [0.29, 0.717) is 40.2 Å². The van der Waals surface area contributed by atoms with Crippen LogP contribution in [0, 0.1) is 10.1 Å². The van der Waals surface area contributed by atoms with E-state index in [1.807, 2.05) is 12.1 Å². The monoisotopic (exact) mass is 362 g/mol. The summed E-state index contributed by atoms with van der Waals surface area (Å²) in [5.41, 5.74) is 0.387. The fraction of sp³-hybridized carbons (Fsp3) is 0.0526. The fourth-order valence-electron chi connectivity index (χ4n) is 2.82. The molecule has 0 aliphatic carbocycles. The molecular weight excluding hydrogens is 348 g/mol. The van der Waals surface area contributed by atoms with E-state index in [-0.39, 0.29) is 11.2 Å². The Morgan fingerprint density at radius 2 is 1.89 bits per heavy atom. The van der Waals surface area contributed by atoms with Gasteiger partial charge in [-0.1, -0.05) is 30.3 Å².